The van der Waals surface area contributed by atoms with Crippen LogP contribution in [0.15, 0.2) is 24.3 Å². The summed E-state index contributed by atoms with van der Waals surface area (Å²) in [6, 6.07) is 7.84. The number of rotatable bonds is 6. The van der Waals surface area contributed by atoms with Crippen LogP contribution >= 0.6 is 0 Å². The highest BCUT2D eigenvalue weighted by Gasteiger charge is 2.15. The number of non-ortho nitro benzene ring substituents is 1. The number of nitrogens with one attached hydrogen (secondary N) is 2. The summed E-state index contributed by atoms with van der Waals surface area (Å²) in [5, 5.41) is 17.7. The van der Waals surface area contributed by atoms with Crippen molar-refractivity contribution in [2.45, 2.75) is 51.2 Å². The third kappa shape index (κ3) is 4.58. The smallest absolute Gasteiger partial charge is 0.269 e. The summed E-state index contributed by atoms with van der Waals surface area (Å²) in [5.74, 6) is 0. The summed E-state index contributed by atoms with van der Waals surface area (Å²) in [4.78, 5) is 10.4. The number of benzene rings is 1. The van der Waals surface area contributed by atoms with Crippen LogP contribution in [-0.2, 0) is 6.54 Å². The monoisotopic (exact) mass is 277 g/mol. The van der Waals surface area contributed by atoms with Crippen molar-refractivity contribution in [3.8, 4) is 0 Å². The number of hydrogen-bond acceptors (Lipinski definition) is 4. The molecule has 1 fully saturated rings. The van der Waals surface area contributed by atoms with E-state index in [-0.39, 0.29) is 10.6 Å². The molecule has 0 radical (unpaired) electrons. The molecule has 1 heterocycles. The maximum absolute atomic E-state index is 10.7. The van der Waals surface area contributed by atoms with Gasteiger partial charge >= 0.3 is 0 Å². The Balaban J connectivity index is 1.78. The Hall–Kier alpha value is -1.46. The van der Waals surface area contributed by atoms with Crippen LogP contribution in [0.3, 0.4) is 0 Å². The van der Waals surface area contributed by atoms with Gasteiger partial charge in [0.05, 0.1) is 4.92 Å². The molecule has 0 aromatic heterocycles. The molecule has 2 rings (SSSR count). The first-order valence-electron chi connectivity index (χ1n) is 7.35. The van der Waals surface area contributed by atoms with E-state index in [0.717, 1.165) is 18.5 Å². The van der Waals surface area contributed by atoms with E-state index in [1.165, 1.54) is 25.3 Å². The molecule has 1 aromatic carbocycles. The largest absolute Gasteiger partial charge is 0.314 e. The van der Waals surface area contributed by atoms with E-state index in [1.807, 2.05) is 6.07 Å². The van der Waals surface area contributed by atoms with E-state index in [4.69, 9.17) is 0 Å². The molecule has 2 N–H and O–H groups in total. The van der Waals surface area contributed by atoms with Gasteiger partial charge in [-0.1, -0.05) is 18.6 Å². The van der Waals surface area contributed by atoms with Crippen molar-refractivity contribution in [1.82, 2.24) is 10.6 Å². The van der Waals surface area contributed by atoms with Crippen molar-refractivity contribution in [3.63, 3.8) is 0 Å². The highest BCUT2D eigenvalue weighted by molar-refractivity contribution is 5.34. The van der Waals surface area contributed by atoms with Crippen molar-refractivity contribution < 1.29 is 4.92 Å². The first-order chi connectivity index (χ1) is 9.65. The van der Waals surface area contributed by atoms with Crippen molar-refractivity contribution in [2.24, 2.45) is 0 Å². The summed E-state index contributed by atoms with van der Waals surface area (Å²) in [5.41, 5.74) is 1.12. The Morgan fingerprint density at radius 3 is 3.05 bits per heavy atom. The Labute approximate surface area is 119 Å². The number of nitro groups is 1. The molecule has 1 aliphatic rings. The van der Waals surface area contributed by atoms with Crippen LogP contribution < -0.4 is 10.6 Å². The van der Waals surface area contributed by atoms with Crippen LogP contribution in [0.5, 0.6) is 0 Å². The average Bonchev–Trinajstić information content (AvgIpc) is 2.46. The SMILES string of the molecule is CC(CC1CCCCN1)NCc1cccc([N+](=O)[O-])c1. The van der Waals surface area contributed by atoms with Crippen molar-refractivity contribution in [3.05, 3.63) is 39.9 Å². The maximum atomic E-state index is 10.7. The van der Waals surface area contributed by atoms with Crippen molar-refractivity contribution in [2.75, 3.05) is 6.54 Å². The Kier molecular flexibility index (Phi) is 5.49. The van der Waals surface area contributed by atoms with Crippen LogP contribution in [0.2, 0.25) is 0 Å². The third-order valence-electron chi connectivity index (χ3n) is 3.83. The van der Waals surface area contributed by atoms with Crippen LogP contribution in [-0.4, -0.2) is 23.6 Å². The Morgan fingerprint density at radius 1 is 1.50 bits per heavy atom. The van der Waals surface area contributed by atoms with E-state index in [2.05, 4.69) is 17.6 Å². The number of nitro benzene ring substituents is 1. The Bertz CT molecular complexity index is 444. The predicted molar refractivity (Wildman–Crippen MR) is 79.7 cm³/mol. The lowest BCUT2D eigenvalue weighted by Crippen LogP contribution is -2.39. The maximum Gasteiger partial charge on any atom is 0.269 e. The number of hydrogen-bond donors (Lipinski definition) is 2. The summed E-state index contributed by atoms with van der Waals surface area (Å²) < 4.78 is 0. The zero-order valence-corrected chi connectivity index (χ0v) is 12.0. The fourth-order valence-electron chi connectivity index (χ4n) is 2.71. The second kappa shape index (κ2) is 7.36. The van der Waals surface area contributed by atoms with Gasteiger partial charge in [-0.15, -0.1) is 0 Å². The quantitative estimate of drug-likeness (QED) is 0.619. The molecule has 0 aliphatic carbocycles. The molecule has 20 heavy (non-hydrogen) atoms. The summed E-state index contributed by atoms with van der Waals surface area (Å²) >= 11 is 0. The first kappa shape index (κ1) is 14.9. The molecule has 5 heteroatoms. The van der Waals surface area contributed by atoms with E-state index in [1.54, 1.807) is 12.1 Å². The van der Waals surface area contributed by atoms with Crippen LogP contribution in [0.25, 0.3) is 0 Å². The van der Waals surface area contributed by atoms with Gasteiger partial charge in [-0.3, -0.25) is 10.1 Å². The molecule has 1 aromatic rings. The molecular weight excluding hydrogens is 254 g/mol. The van der Waals surface area contributed by atoms with Crippen molar-refractivity contribution >= 4 is 5.69 Å². The summed E-state index contributed by atoms with van der Waals surface area (Å²) in [7, 11) is 0. The van der Waals surface area contributed by atoms with Crippen LogP contribution in [0, 0.1) is 10.1 Å². The van der Waals surface area contributed by atoms with Gasteiger partial charge in [0.15, 0.2) is 0 Å². The van der Waals surface area contributed by atoms with E-state index < -0.39 is 0 Å². The van der Waals surface area contributed by atoms with Gasteiger partial charge in [-0.2, -0.15) is 0 Å². The van der Waals surface area contributed by atoms with Crippen molar-refractivity contribution in [1.29, 1.82) is 0 Å². The third-order valence-corrected chi connectivity index (χ3v) is 3.83. The molecule has 0 amide bonds. The molecule has 2 unspecified atom stereocenters. The van der Waals surface area contributed by atoms with Gasteiger partial charge in [-0.25, -0.2) is 0 Å². The topological polar surface area (TPSA) is 67.2 Å². The lowest BCUT2D eigenvalue weighted by Gasteiger charge is -2.26. The molecule has 1 saturated heterocycles. The minimum absolute atomic E-state index is 0.158. The lowest BCUT2D eigenvalue weighted by atomic mass is 9.98. The lowest BCUT2D eigenvalue weighted by molar-refractivity contribution is -0.384. The summed E-state index contributed by atoms with van der Waals surface area (Å²) in [6.45, 7) is 3.98. The number of nitrogens with zero attached hydrogens (tertiary/aromatic N) is 1. The number of piperidine rings is 1. The Morgan fingerprint density at radius 2 is 2.35 bits per heavy atom. The fraction of sp³-hybridized carbons (Fsp3) is 0.600. The normalized spacial score (nSPS) is 20.6. The second-order valence-electron chi connectivity index (χ2n) is 5.59. The minimum Gasteiger partial charge on any atom is -0.314 e. The van der Waals surface area contributed by atoms with Gasteiger partial charge in [0, 0.05) is 30.8 Å². The molecule has 0 spiro atoms. The molecule has 110 valence electrons. The molecule has 5 nitrogen and oxygen atoms in total. The predicted octanol–water partition coefficient (Wildman–Crippen LogP) is 2.61. The van der Waals surface area contributed by atoms with Gasteiger partial charge < -0.3 is 10.6 Å². The van der Waals surface area contributed by atoms with Crippen LogP contribution in [0.1, 0.15) is 38.2 Å². The fourth-order valence-corrected chi connectivity index (χ4v) is 2.71. The molecule has 0 saturated carbocycles. The first-order valence-corrected chi connectivity index (χ1v) is 7.35. The second-order valence-corrected chi connectivity index (χ2v) is 5.59. The highest BCUT2D eigenvalue weighted by Crippen LogP contribution is 2.14. The zero-order valence-electron chi connectivity index (χ0n) is 12.0. The van der Waals surface area contributed by atoms with E-state index in [0.29, 0.717) is 18.6 Å². The van der Waals surface area contributed by atoms with E-state index in [9.17, 15) is 10.1 Å². The van der Waals surface area contributed by atoms with Gasteiger partial charge in [0.1, 0.15) is 0 Å². The standard InChI is InChI=1S/C15H23N3O2/c1-12(9-14-6-2-3-8-16-14)17-11-13-5-4-7-15(10-13)18(19)20/h4-5,7,10,12,14,16-17H,2-3,6,8-9,11H2,1H3. The molecule has 0 bridgehead atoms. The average molecular weight is 277 g/mol. The van der Waals surface area contributed by atoms with Gasteiger partial charge in [0.25, 0.3) is 5.69 Å². The van der Waals surface area contributed by atoms with Gasteiger partial charge in [-0.05, 0) is 38.3 Å². The highest BCUT2D eigenvalue weighted by atomic mass is 16.6. The van der Waals surface area contributed by atoms with Crippen LogP contribution in [0.4, 0.5) is 5.69 Å². The van der Waals surface area contributed by atoms with E-state index >= 15 is 0 Å². The molecular formula is C15H23N3O2. The zero-order chi connectivity index (χ0) is 14.4. The molecule has 2 atom stereocenters. The molecule has 1 aliphatic heterocycles. The summed E-state index contributed by atoms with van der Waals surface area (Å²) in [6.07, 6.45) is 4.96. The minimum atomic E-state index is -0.348. The van der Waals surface area contributed by atoms with Gasteiger partial charge in [0.2, 0.25) is 0 Å².